The fourth-order valence-electron chi connectivity index (χ4n) is 4.79. The number of ether oxygens (including phenoxy) is 1. The Morgan fingerprint density at radius 1 is 0.917 bits per heavy atom. The molecule has 0 saturated heterocycles. The predicted molar refractivity (Wildman–Crippen MR) is 145 cm³/mol. The number of benzene rings is 3. The van der Waals surface area contributed by atoms with Crippen molar-refractivity contribution in [2.45, 2.75) is 19.0 Å². The van der Waals surface area contributed by atoms with Gasteiger partial charge in [0.2, 0.25) is 0 Å². The van der Waals surface area contributed by atoms with E-state index in [9.17, 15) is 4.79 Å². The summed E-state index contributed by atoms with van der Waals surface area (Å²) in [4.78, 5) is 23.2. The molecular weight excluding hydrogens is 468 g/mol. The van der Waals surface area contributed by atoms with E-state index in [1.807, 2.05) is 92.7 Å². The average Bonchev–Trinajstić information content (AvgIpc) is 3.44. The van der Waals surface area contributed by atoms with Gasteiger partial charge in [0.1, 0.15) is 11.4 Å². The molecule has 6 rings (SSSR count). The molecular formula is C29H24N4O2S. The number of rotatable bonds is 6. The normalized spacial score (nSPS) is 11.5. The molecule has 6 aromatic rings. The largest absolute Gasteiger partial charge is 0.497 e. The Hall–Kier alpha value is -4.10. The number of para-hydroxylation sites is 3. The Kier molecular flexibility index (Phi) is 5.49. The molecule has 3 aromatic carbocycles. The summed E-state index contributed by atoms with van der Waals surface area (Å²) in [5.41, 5.74) is 7.28. The van der Waals surface area contributed by atoms with Crippen LogP contribution in [0.2, 0.25) is 0 Å². The lowest BCUT2D eigenvalue weighted by Crippen LogP contribution is -2.07. The quantitative estimate of drug-likeness (QED) is 0.152. The van der Waals surface area contributed by atoms with E-state index in [0.29, 0.717) is 0 Å². The summed E-state index contributed by atoms with van der Waals surface area (Å²) in [6.45, 7) is 4.01. The van der Waals surface area contributed by atoms with Gasteiger partial charge in [0.25, 0.3) is 0 Å². The number of carbonyl (C=O) groups is 1. The molecule has 0 saturated carbocycles. The summed E-state index contributed by atoms with van der Waals surface area (Å²) in [5.74, 6) is 1.15. The number of hydrogen-bond acceptors (Lipinski definition) is 5. The highest BCUT2D eigenvalue weighted by atomic mass is 32.2. The zero-order valence-electron chi connectivity index (χ0n) is 20.2. The molecule has 0 bridgehead atoms. The van der Waals surface area contributed by atoms with Gasteiger partial charge in [-0.3, -0.25) is 9.20 Å². The summed E-state index contributed by atoms with van der Waals surface area (Å²) in [6, 6.07) is 25.9. The molecule has 6 nitrogen and oxygen atoms in total. The maximum Gasteiger partial charge on any atom is 0.175 e. The topological polar surface area (TPSA) is 61.4 Å². The summed E-state index contributed by atoms with van der Waals surface area (Å²) in [5, 5.41) is 1.75. The second-order valence-corrected chi connectivity index (χ2v) is 9.64. The Balaban J connectivity index is 1.36. The van der Waals surface area contributed by atoms with Crippen molar-refractivity contribution in [2.24, 2.45) is 0 Å². The fraction of sp³-hybridized carbons (Fsp3) is 0.138. The van der Waals surface area contributed by atoms with Crippen LogP contribution in [0.1, 0.15) is 21.7 Å². The van der Waals surface area contributed by atoms with Crippen molar-refractivity contribution < 1.29 is 9.53 Å². The number of hydrogen-bond donors (Lipinski definition) is 0. The molecule has 7 heteroatoms. The monoisotopic (exact) mass is 492 g/mol. The molecule has 0 unspecified atom stereocenters. The third-order valence-corrected chi connectivity index (χ3v) is 7.45. The highest BCUT2D eigenvalue weighted by Gasteiger charge is 2.19. The first-order valence-electron chi connectivity index (χ1n) is 11.7. The summed E-state index contributed by atoms with van der Waals surface area (Å²) in [7, 11) is 1.65. The van der Waals surface area contributed by atoms with Crippen LogP contribution in [0, 0.1) is 13.8 Å². The molecule has 3 heterocycles. The van der Waals surface area contributed by atoms with Crippen LogP contribution in [0.15, 0.2) is 84.0 Å². The number of methoxy groups -OCH3 is 1. The highest BCUT2D eigenvalue weighted by Crippen LogP contribution is 2.30. The van der Waals surface area contributed by atoms with Gasteiger partial charge in [-0.2, -0.15) is 0 Å². The lowest BCUT2D eigenvalue weighted by atomic mass is 10.2. The summed E-state index contributed by atoms with van der Waals surface area (Å²) >= 11 is 1.45. The maximum atomic E-state index is 13.4. The number of aromatic nitrogens is 4. The van der Waals surface area contributed by atoms with Crippen molar-refractivity contribution in [3.05, 3.63) is 95.8 Å². The first kappa shape index (κ1) is 22.4. The molecule has 0 aliphatic rings. The summed E-state index contributed by atoms with van der Waals surface area (Å²) < 4.78 is 9.45. The maximum absolute atomic E-state index is 13.4. The zero-order chi connectivity index (χ0) is 24.8. The van der Waals surface area contributed by atoms with E-state index in [0.717, 1.165) is 61.1 Å². The molecule has 3 aromatic heterocycles. The van der Waals surface area contributed by atoms with E-state index in [-0.39, 0.29) is 11.5 Å². The van der Waals surface area contributed by atoms with Gasteiger partial charge in [-0.25, -0.2) is 9.97 Å². The lowest BCUT2D eigenvalue weighted by molar-refractivity contribution is 0.102. The minimum atomic E-state index is 0.0698. The second kappa shape index (κ2) is 8.84. The van der Waals surface area contributed by atoms with E-state index in [2.05, 4.69) is 8.97 Å². The Bertz CT molecular complexity index is 1770. The van der Waals surface area contributed by atoms with Gasteiger partial charge in [0.15, 0.2) is 10.9 Å². The minimum Gasteiger partial charge on any atom is -0.497 e. The van der Waals surface area contributed by atoms with Crippen molar-refractivity contribution >= 4 is 45.1 Å². The third-order valence-electron chi connectivity index (χ3n) is 6.51. The molecule has 0 spiro atoms. The number of thioether (sulfide) groups is 1. The molecule has 178 valence electrons. The van der Waals surface area contributed by atoms with Crippen LogP contribution < -0.4 is 4.74 Å². The number of fused-ring (bicyclic) bond motifs is 5. The second-order valence-electron chi connectivity index (χ2n) is 8.70. The van der Waals surface area contributed by atoms with Crippen LogP contribution in [-0.4, -0.2) is 37.6 Å². The molecule has 0 N–H and O–H groups in total. The first-order chi connectivity index (χ1) is 17.5. The van der Waals surface area contributed by atoms with E-state index in [1.54, 1.807) is 7.11 Å². The van der Waals surface area contributed by atoms with Crippen molar-refractivity contribution in [1.29, 1.82) is 0 Å². The standard InChI is InChI=1S/C29H24N4O2S/c1-18-16-23(19(2)32(18)20-12-14-21(35-3)15-13-20)27(34)17-36-29-31-24-9-5-4-8-22(24)28-30-25-10-6-7-11-26(25)33(28)29/h4-16H,17H2,1-3H3. The van der Waals surface area contributed by atoms with Crippen LogP contribution in [-0.2, 0) is 0 Å². The molecule has 0 fully saturated rings. The van der Waals surface area contributed by atoms with Crippen LogP contribution >= 0.6 is 11.8 Å². The van der Waals surface area contributed by atoms with Crippen LogP contribution in [0.3, 0.4) is 0 Å². The van der Waals surface area contributed by atoms with Gasteiger partial charge in [-0.1, -0.05) is 36.0 Å². The van der Waals surface area contributed by atoms with Gasteiger partial charge in [-0.15, -0.1) is 0 Å². The number of nitrogens with zero attached hydrogens (tertiary/aromatic N) is 4. The van der Waals surface area contributed by atoms with Crippen molar-refractivity contribution in [2.75, 3.05) is 12.9 Å². The highest BCUT2D eigenvalue weighted by molar-refractivity contribution is 7.99. The molecule has 0 aliphatic heterocycles. The Labute approximate surface area is 212 Å². The van der Waals surface area contributed by atoms with Crippen LogP contribution in [0.5, 0.6) is 5.75 Å². The third kappa shape index (κ3) is 3.63. The minimum absolute atomic E-state index is 0.0698. The van der Waals surface area contributed by atoms with Crippen LogP contribution in [0.4, 0.5) is 0 Å². The number of imidazole rings is 1. The molecule has 0 atom stereocenters. The SMILES string of the molecule is COc1ccc(-n2c(C)cc(C(=O)CSc3nc4ccccc4c4nc5ccccc5n34)c2C)cc1. The van der Waals surface area contributed by atoms with E-state index < -0.39 is 0 Å². The molecule has 0 amide bonds. The van der Waals surface area contributed by atoms with Gasteiger partial charge in [-0.05, 0) is 68.4 Å². The molecule has 0 aliphatic carbocycles. The van der Waals surface area contributed by atoms with Crippen molar-refractivity contribution in [3.8, 4) is 11.4 Å². The number of Topliss-reactive ketones (excluding diaryl/α,β-unsaturated/α-hetero) is 1. The van der Waals surface area contributed by atoms with E-state index in [1.165, 1.54) is 11.8 Å². The first-order valence-corrected chi connectivity index (χ1v) is 12.7. The molecule has 0 radical (unpaired) electrons. The number of ketones is 1. The van der Waals surface area contributed by atoms with E-state index >= 15 is 0 Å². The molecule has 36 heavy (non-hydrogen) atoms. The Morgan fingerprint density at radius 3 is 2.42 bits per heavy atom. The average molecular weight is 493 g/mol. The van der Waals surface area contributed by atoms with Gasteiger partial charge in [0, 0.05) is 28.0 Å². The summed E-state index contributed by atoms with van der Waals surface area (Å²) in [6.07, 6.45) is 0. The van der Waals surface area contributed by atoms with E-state index in [4.69, 9.17) is 14.7 Å². The van der Waals surface area contributed by atoms with Crippen molar-refractivity contribution in [1.82, 2.24) is 18.9 Å². The number of carbonyl (C=O) groups excluding carboxylic acids is 1. The number of aryl methyl sites for hydroxylation is 1. The van der Waals surface area contributed by atoms with Crippen molar-refractivity contribution in [3.63, 3.8) is 0 Å². The fourth-order valence-corrected chi connectivity index (χ4v) is 5.68. The van der Waals surface area contributed by atoms with Gasteiger partial charge in [0.05, 0.1) is 29.4 Å². The zero-order valence-corrected chi connectivity index (χ0v) is 21.0. The smallest absolute Gasteiger partial charge is 0.175 e. The lowest BCUT2D eigenvalue weighted by Gasteiger charge is -2.11. The van der Waals surface area contributed by atoms with Gasteiger partial charge < -0.3 is 9.30 Å². The van der Waals surface area contributed by atoms with Gasteiger partial charge >= 0.3 is 0 Å². The Morgan fingerprint density at radius 2 is 1.64 bits per heavy atom. The van der Waals surface area contributed by atoms with Crippen LogP contribution in [0.25, 0.3) is 33.3 Å². The predicted octanol–water partition coefficient (Wildman–Crippen LogP) is 6.43.